The maximum Gasteiger partial charge on any atom is 0.260 e. The first-order chi connectivity index (χ1) is 14.2. The number of hydrogen-bond donors (Lipinski definition) is 0. The van der Waals surface area contributed by atoms with E-state index in [1.54, 1.807) is 19.1 Å². The molecule has 0 unspecified atom stereocenters. The van der Waals surface area contributed by atoms with Crippen LogP contribution in [0.2, 0.25) is 0 Å². The Labute approximate surface area is 172 Å². The molecule has 3 aromatic rings. The summed E-state index contributed by atoms with van der Waals surface area (Å²) < 4.78 is 21.8. The molecule has 8 nitrogen and oxygen atoms in total. The van der Waals surface area contributed by atoms with E-state index in [0.29, 0.717) is 43.7 Å². The molecule has 2 aromatic heterocycles. The van der Waals surface area contributed by atoms with Crippen molar-refractivity contribution in [2.24, 2.45) is 0 Å². The maximum atomic E-state index is 12.4. The molecule has 1 amide bonds. The van der Waals surface area contributed by atoms with E-state index in [1.807, 2.05) is 23.6 Å². The number of benzene rings is 1. The molecule has 152 valence electrons. The number of nitrogens with zero attached hydrogens (tertiary/aromatic N) is 3. The van der Waals surface area contributed by atoms with E-state index in [2.05, 4.69) is 9.97 Å². The number of carbonyl (C=O) groups excluding carboxylic acids is 1. The molecule has 0 bridgehead atoms. The fraction of sp³-hybridized carbons (Fsp3) is 0.350. The number of rotatable bonds is 6. The molecule has 1 fully saturated rings. The van der Waals surface area contributed by atoms with E-state index in [-0.39, 0.29) is 12.5 Å². The fourth-order valence-corrected chi connectivity index (χ4v) is 4.11. The van der Waals surface area contributed by atoms with Crippen molar-refractivity contribution in [1.29, 1.82) is 0 Å². The summed E-state index contributed by atoms with van der Waals surface area (Å²) in [4.78, 5) is 23.6. The van der Waals surface area contributed by atoms with E-state index in [9.17, 15) is 4.79 Å². The molecule has 1 aromatic carbocycles. The third-order valence-electron chi connectivity index (χ3n) is 4.73. The number of carbonyl (C=O) groups is 1. The molecule has 9 heteroatoms. The lowest BCUT2D eigenvalue weighted by Crippen LogP contribution is -2.43. The molecule has 0 aliphatic carbocycles. The van der Waals surface area contributed by atoms with Gasteiger partial charge in [0.1, 0.15) is 11.2 Å². The molecular formula is C20H21N3O5S. The van der Waals surface area contributed by atoms with Crippen LogP contribution in [-0.4, -0.2) is 67.9 Å². The van der Waals surface area contributed by atoms with Gasteiger partial charge < -0.3 is 23.8 Å². The summed E-state index contributed by atoms with van der Waals surface area (Å²) in [6.45, 7) is 2.19. The van der Waals surface area contributed by atoms with E-state index >= 15 is 0 Å². The first-order valence-electron chi connectivity index (χ1n) is 9.14. The molecule has 0 atom stereocenters. The molecule has 1 saturated heterocycles. The second-order valence-electron chi connectivity index (χ2n) is 6.36. The Morgan fingerprint density at radius 1 is 1.17 bits per heavy atom. The van der Waals surface area contributed by atoms with Crippen LogP contribution in [0.4, 0.5) is 0 Å². The number of morpholine rings is 1. The summed E-state index contributed by atoms with van der Waals surface area (Å²) in [5.41, 5.74) is 1.84. The number of amides is 1. The van der Waals surface area contributed by atoms with Gasteiger partial charge in [0.15, 0.2) is 18.1 Å². The fourth-order valence-electron chi connectivity index (χ4n) is 3.21. The number of thiophene rings is 1. The zero-order chi connectivity index (χ0) is 20.2. The summed E-state index contributed by atoms with van der Waals surface area (Å²) in [5, 5.41) is 2.77. The van der Waals surface area contributed by atoms with Crippen LogP contribution in [0.15, 0.2) is 29.9 Å². The number of methoxy groups -OCH3 is 2. The van der Waals surface area contributed by atoms with Gasteiger partial charge in [0.05, 0.1) is 32.8 Å². The molecule has 1 aliphatic heterocycles. The predicted octanol–water partition coefficient (Wildman–Crippen LogP) is 2.61. The number of ether oxygens (including phenoxy) is 4. The highest BCUT2D eigenvalue weighted by Crippen LogP contribution is 2.40. The monoisotopic (exact) mass is 415 g/mol. The van der Waals surface area contributed by atoms with Gasteiger partial charge in [0.25, 0.3) is 5.91 Å². The zero-order valence-electron chi connectivity index (χ0n) is 16.2. The summed E-state index contributed by atoms with van der Waals surface area (Å²) in [7, 11) is 3.20. The van der Waals surface area contributed by atoms with Crippen LogP contribution in [0.25, 0.3) is 21.3 Å². The minimum atomic E-state index is -0.0806. The Hall–Kier alpha value is -2.91. The van der Waals surface area contributed by atoms with Gasteiger partial charge in [0, 0.05) is 24.0 Å². The van der Waals surface area contributed by atoms with Crippen LogP contribution in [0.1, 0.15) is 0 Å². The third-order valence-corrected chi connectivity index (χ3v) is 5.61. The number of aromatic nitrogens is 2. The Balaban J connectivity index is 1.63. The number of fused-ring (bicyclic) bond motifs is 1. The van der Waals surface area contributed by atoms with Gasteiger partial charge in [-0.1, -0.05) is 6.07 Å². The van der Waals surface area contributed by atoms with Crippen molar-refractivity contribution in [2.45, 2.75) is 0 Å². The van der Waals surface area contributed by atoms with Crippen LogP contribution in [0, 0.1) is 0 Å². The van der Waals surface area contributed by atoms with Crippen molar-refractivity contribution in [3.8, 4) is 28.5 Å². The van der Waals surface area contributed by atoms with Gasteiger partial charge in [-0.25, -0.2) is 9.97 Å². The Kier molecular flexibility index (Phi) is 5.77. The van der Waals surface area contributed by atoms with Gasteiger partial charge in [0.2, 0.25) is 5.88 Å². The molecule has 3 heterocycles. The van der Waals surface area contributed by atoms with Gasteiger partial charge in [-0.3, -0.25) is 4.79 Å². The normalized spacial score (nSPS) is 14.1. The molecule has 29 heavy (non-hydrogen) atoms. The van der Waals surface area contributed by atoms with Gasteiger partial charge >= 0.3 is 0 Å². The minimum Gasteiger partial charge on any atom is -0.493 e. The smallest absolute Gasteiger partial charge is 0.260 e. The minimum absolute atomic E-state index is 0.0761. The van der Waals surface area contributed by atoms with E-state index in [4.69, 9.17) is 18.9 Å². The Bertz CT molecular complexity index is 1020. The first-order valence-corrected chi connectivity index (χ1v) is 10.0. The van der Waals surface area contributed by atoms with E-state index < -0.39 is 0 Å². The summed E-state index contributed by atoms with van der Waals surface area (Å²) in [6, 6.07) is 5.69. The standard InChI is InChI=1S/C20H21N3O5S/c1-25-15-4-3-13(9-16(15)26-2)14-11-29-20-18(14)19(21-12-22-20)28-10-17(24)23-5-7-27-8-6-23/h3-4,9,11-12H,5-8,10H2,1-2H3. The van der Waals surface area contributed by atoms with E-state index in [1.165, 1.54) is 17.7 Å². The third kappa shape index (κ3) is 3.96. The summed E-state index contributed by atoms with van der Waals surface area (Å²) in [5.74, 6) is 1.59. The van der Waals surface area contributed by atoms with Gasteiger partial charge in [-0.05, 0) is 17.7 Å². The largest absolute Gasteiger partial charge is 0.493 e. The van der Waals surface area contributed by atoms with Crippen molar-refractivity contribution in [2.75, 3.05) is 47.1 Å². The summed E-state index contributed by atoms with van der Waals surface area (Å²) in [6.07, 6.45) is 1.45. The van der Waals surface area contributed by atoms with Gasteiger partial charge in [-0.15, -0.1) is 11.3 Å². The lowest BCUT2D eigenvalue weighted by Gasteiger charge is -2.26. The first kappa shape index (κ1) is 19.4. The topological polar surface area (TPSA) is 83.0 Å². The lowest BCUT2D eigenvalue weighted by molar-refractivity contribution is -0.137. The predicted molar refractivity (Wildman–Crippen MR) is 109 cm³/mol. The quantitative estimate of drug-likeness (QED) is 0.612. The maximum absolute atomic E-state index is 12.4. The summed E-state index contributed by atoms with van der Waals surface area (Å²) >= 11 is 1.49. The van der Waals surface area contributed by atoms with Crippen molar-refractivity contribution in [3.05, 3.63) is 29.9 Å². The highest BCUT2D eigenvalue weighted by Gasteiger charge is 2.20. The lowest BCUT2D eigenvalue weighted by atomic mass is 10.1. The van der Waals surface area contributed by atoms with Gasteiger partial charge in [-0.2, -0.15) is 0 Å². The number of hydrogen-bond acceptors (Lipinski definition) is 8. The van der Waals surface area contributed by atoms with Crippen LogP contribution in [0.3, 0.4) is 0 Å². The molecular weight excluding hydrogens is 394 g/mol. The van der Waals surface area contributed by atoms with Crippen LogP contribution >= 0.6 is 11.3 Å². The second-order valence-corrected chi connectivity index (χ2v) is 7.22. The average Bonchev–Trinajstić information content (AvgIpc) is 3.22. The van der Waals surface area contributed by atoms with Crippen LogP contribution in [0.5, 0.6) is 17.4 Å². The van der Waals surface area contributed by atoms with Crippen molar-refractivity contribution >= 4 is 27.5 Å². The molecule has 0 N–H and O–H groups in total. The Morgan fingerprint density at radius 3 is 2.72 bits per heavy atom. The SMILES string of the molecule is COc1ccc(-c2csc3ncnc(OCC(=O)N4CCOCC4)c23)cc1OC. The van der Waals surface area contributed by atoms with Crippen molar-refractivity contribution < 1.29 is 23.7 Å². The average molecular weight is 415 g/mol. The highest BCUT2D eigenvalue weighted by molar-refractivity contribution is 7.17. The molecule has 4 rings (SSSR count). The molecule has 0 saturated carbocycles. The van der Waals surface area contributed by atoms with Crippen molar-refractivity contribution in [1.82, 2.24) is 14.9 Å². The van der Waals surface area contributed by atoms with E-state index in [0.717, 1.165) is 21.3 Å². The van der Waals surface area contributed by atoms with Crippen LogP contribution in [-0.2, 0) is 9.53 Å². The molecule has 1 aliphatic rings. The second kappa shape index (κ2) is 8.62. The Morgan fingerprint density at radius 2 is 1.97 bits per heavy atom. The molecule has 0 spiro atoms. The zero-order valence-corrected chi connectivity index (χ0v) is 17.0. The highest BCUT2D eigenvalue weighted by atomic mass is 32.1. The molecule has 0 radical (unpaired) electrons. The van der Waals surface area contributed by atoms with Crippen molar-refractivity contribution in [3.63, 3.8) is 0 Å². The van der Waals surface area contributed by atoms with Crippen LogP contribution < -0.4 is 14.2 Å².